The average molecular weight is 304 g/mol. The summed E-state index contributed by atoms with van der Waals surface area (Å²) in [5.74, 6) is 0. The van der Waals surface area contributed by atoms with Crippen molar-refractivity contribution in [2.45, 2.75) is 84.4 Å². The van der Waals surface area contributed by atoms with Gasteiger partial charge in [-0.25, -0.2) is 0 Å². The molecule has 0 N–H and O–H groups in total. The van der Waals surface area contributed by atoms with Gasteiger partial charge in [0.15, 0.2) is 0 Å². The van der Waals surface area contributed by atoms with Gasteiger partial charge in [0.1, 0.15) is 0 Å². The van der Waals surface area contributed by atoms with E-state index in [-0.39, 0.29) is 18.8 Å². The Morgan fingerprint density at radius 3 is 2.91 bits per heavy atom. The molecule has 3 unspecified atom stereocenters. The van der Waals surface area contributed by atoms with Gasteiger partial charge in [0.2, 0.25) is 0 Å². The van der Waals surface area contributed by atoms with Crippen molar-refractivity contribution in [3.8, 4) is 0 Å². The normalized spacial score (nSPS) is 32.0. The molecule has 1 aromatic rings. The lowest BCUT2D eigenvalue weighted by atomic mass is 9.69. The van der Waals surface area contributed by atoms with Gasteiger partial charge in [0.25, 0.3) is 0 Å². The molecule has 1 aromatic heterocycles. The molecule has 4 nitrogen and oxygen atoms in total. The van der Waals surface area contributed by atoms with Gasteiger partial charge in [0, 0.05) is 12.2 Å². The molecule has 0 amide bonds. The maximum Gasteiger partial charge on any atom is 0.457 e. The molecule has 0 spiro atoms. The molecule has 3 rings (SSSR count). The Hall–Kier alpha value is -0.805. The quantitative estimate of drug-likeness (QED) is 0.788. The topological polar surface area (TPSA) is 36.3 Å². The zero-order valence-electron chi connectivity index (χ0n) is 14.6. The van der Waals surface area contributed by atoms with Crippen LogP contribution in [0.1, 0.15) is 65.1 Å². The van der Waals surface area contributed by atoms with Gasteiger partial charge in [-0.2, -0.15) is 5.10 Å². The van der Waals surface area contributed by atoms with Gasteiger partial charge in [0.05, 0.1) is 17.4 Å². The summed E-state index contributed by atoms with van der Waals surface area (Å²) in [4.78, 5) is 0. The first-order chi connectivity index (χ1) is 10.3. The largest absolute Gasteiger partial charge is 0.457 e. The second-order valence-electron chi connectivity index (χ2n) is 8.23. The van der Waals surface area contributed by atoms with Crippen LogP contribution in [0.4, 0.5) is 0 Å². The van der Waals surface area contributed by atoms with Crippen LogP contribution in [0.25, 0.3) is 0 Å². The molecule has 1 saturated heterocycles. The molecule has 2 fully saturated rings. The number of aryl methyl sites for hydroxylation is 1. The number of aromatic nitrogens is 2. The maximum absolute atomic E-state index is 6.33. The third-order valence-electron chi connectivity index (χ3n) is 5.32. The summed E-state index contributed by atoms with van der Waals surface area (Å²) in [6.07, 6.45) is 7.73. The summed E-state index contributed by atoms with van der Waals surface area (Å²) >= 11 is 0. The van der Waals surface area contributed by atoms with E-state index in [4.69, 9.17) is 9.31 Å². The molecule has 1 saturated carbocycles. The Morgan fingerprint density at radius 2 is 2.23 bits per heavy atom. The summed E-state index contributed by atoms with van der Waals surface area (Å²) in [6.45, 7) is 11.2. The van der Waals surface area contributed by atoms with Crippen LogP contribution in [0.2, 0.25) is 6.32 Å². The van der Waals surface area contributed by atoms with E-state index in [1.807, 2.05) is 11.6 Å². The number of nitrogens with zero attached hydrogens (tertiary/aromatic N) is 2. The second-order valence-corrected chi connectivity index (χ2v) is 8.23. The fraction of sp³-hybridized carbons (Fsp3) is 0.824. The number of fused-ring (bicyclic) bond motifs is 1. The van der Waals surface area contributed by atoms with E-state index in [9.17, 15) is 0 Å². The highest BCUT2D eigenvalue weighted by Crippen LogP contribution is 2.48. The van der Waals surface area contributed by atoms with E-state index in [0.717, 1.165) is 31.3 Å². The van der Waals surface area contributed by atoms with Crippen LogP contribution >= 0.6 is 0 Å². The third kappa shape index (κ3) is 3.25. The van der Waals surface area contributed by atoms with E-state index < -0.39 is 0 Å². The predicted molar refractivity (Wildman–Crippen MR) is 88.8 cm³/mol. The van der Waals surface area contributed by atoms with E-state index in [1.165, 1.54) is 6.42 Å². The van der Waals surface area contributed by atoms with Gasteiger partial charge >= 0.3 is 7.12 Å². The standard InChI is InChI=1S/C17H29BN2O2/c1-13-8-11-20(19-13)14(2)7-10-18-21-15-6-9-16(3,4)12-17(15,5)22-18/h8,11,14-15H,6-7,9-10,12H2,1-5H3. The summed E-state index contributed by atoms with van der Waals surface area (Å²) in [6, 6.07) is 2.43. The maximum atomic E-state index is 6.33. The monoisotopic (exact) mass is 304 g/mol. The molecule has 0 radical (unpaired) electrons. The van der Waals surface area contributed by atoms with Crippen molar-refractivity contribution < 1.29 is 9.31 Å². The predicted octanol–water partition coefficient (Wildman–Crippen LogP) is 4.02. The van der Waals surface area contributed by atoms with Crippen molar-refractivity contribution in [2.75, 3.05) is 0 Å². The Kier molecular flexibility index (Phi) is 4.15. The van der Waals surface area contributed by atoms with E-state index >= 15 is 0 Å². The molecule has 0 bridgehead atoms. The van der Waals surface area contributed by atoms with Crippen molar-refractivity contribution in [3.05, 3.63) is 18.0 Å². The summed E-state index contributed by atoms with van der Waals surface area (Å²) < 4.78 is 14.6. The molecule has 122 valence electrons. The van der Waals surface area contributed by atoms with Crippen LogP contribution in [-0.2, 0) is 9.31 Å². The van der Waals surface area contributed by atoms with E-state index in [2.05, 4.69) is 45.1 Å². The van der Waals surface area contributed by atoms with Crippen LogP contribution < -0.4 is 0 Å². The van der Waals surface area contributed by atoms with Gasteiger partial charge in [-0.05, 0) is 64.3 Å². The van der Waals surface area contributed by atoms with E-state index in [0.29, 0.717) is 11.5 Å². The summed E-state index contributed by atoms with van der Waals surface area (Å²) in [7, 11) is -0.0528. The lowest BCUT2D eigenvalue weighted by Gasteiger charge is -2.43. The molecule has 22 heavy (non-hydrogen) atoms. The van der Waals surface area contributed by atoms with E-state index in [1.54, 1.807) is 0 Å². The Labute approximate surface area is 134 Å². The zero-order chi connectivity index (χ0) is 16.0. The Morgan fingerprint density at radius 1 is 1.45 bits per heavy atom. The first-order valence-corrected chi connectivity index (χ1v) is 8.62. The first kappa shape index (κ1) is 16.1. The fourth-order valence-electron chi connectivity index (χ4n) is 4.14. The molecule has 3 atom stereocenters. The van der Waals surface area contributed by atoms with Gasteiger partial charge < -0.3 is 9.31 Å². The van der Waals surface area contributed by atoms with Crippen LogP contribution in [0.15, 0.2) is 12.3 Å². The molecule has 1 aliphatic carbocycles. The Bertz CT molecular complexity index is 530. The molecular weight excluding hydrogens is 275 g/mol. The molecule has 2 aliphatic rings. The van der Waals surface area contributed by atoms with Crippen molar-refractivity contribution in [1.29, 1.82) is 0 Å². The average Bonchev–Trinajstić information content (AvgIpc) is 2.97. The van der Waals surface area contributed by atoms with Crippen LogP contribution in [0, 0.1) is 12.3 Å². The third-order valence-corrected chi connectivity index (χ3v) is 5.32. The summed E-state index contributed by atoms with van der Waals surface area (Å²) in [5, 5.41) is 4.50. The molecule has 1 aliphatic heterocycles. The highest BCUT2D eigenvalue weighted by atomic mass is 16.7. The fourth-order valence-corrected chi connectivity index (χ4v) is 4.14. The van der Waals surface area contributed by atoms with Crippen molar-refractivity contribution in [1.82, 2.24) is 9.78 Å². The van der Waals surface area contributed by atoms with Gasteiger partial charge in [-0.1, -0.05) is 13.8 Å². The summed E-state index contributed by atoms with van der Waals surface area (Å²) in [5.41, 5.74) is 1.34. The van der Waals surface area contributed by atoms with Crippen LogP contribution in [-0.4, -0.2) is 28.6 Å². The Balaban J connectivity index is 1.55. The number of hydrogen-bond donors (Lipinski definition) is 0. The highest BCUT2D eigenvalue weighted by molar-refractivity contribution is 6.45. The molecule has 5 heteroatoms. The number of rotatable bonds is 4. The van der Waals surface area contributed by atoms with Gasteiger partial charge in [-0.3, -0.25) is 4.68 Å². The van der Waals surface area contributed by atoms with Crippen molar-refractivity contribution in [3.63, 3.8) is 0 Å². The van der Waals surface area contributed by atoms with Gasteiger partial charge in [-0.15, -0.1) is 0 Å². The minimum absolute atomic E-state index is 0.0528. The lowest BCUT2D eigenvalue weighted by molar-refractivity contribution is -0.0297. The minimum atomic E-state index is -0.0993. The molecular formula is C17H29BN2O2. The highest BCUT2D eigenvalue weighted by Gasteiger charge is 2.52. The smallest absolute Gasteiger partial charge is 0.405 e. The number of hydrogen-bond acceptors (Lipinski definition) is 3. The first-order valence-electron chi connectivity index (χ1n) is 8.62. The minimum Gasteiger partial charge on any atom is -0.405 e. The SMILES string of the molecule is Cc1ccn(C(C)CCB2OC3CCC(C)(C)CC3(C)O2)n1. The van der Waals surface area contributed by atoms with Crippen molar-refractivity contribution >= 4 is 7.12 Å². The molecule has 2 heterocycles. The molecule has 0 aromatic carbocycles. The second kappa shape index (κ2) is 5.68. The van der Waals surface area contributed by atoms with Crippen molar-refractivity contribution in [2.24, 2.45) is 5.41 Å². The zero-order valence-corrected chi connectivity index (χ0v) is 14.6. The van der Waals surface area contributed by atoms with Crippen LogP contribution in [0.5, 0.6) is 0 Å². The lowest BCUT2D eigenvalue weighted by Crippen LogP contribution is -2.45. The van der Waals surface area contributed by atoms with Crippen LogP contribution in [0.3, 0.4) is 0 Å².